The standard InChI is InChI=1S/C14H19N3/c1-9-5-6-12(7-10(9)2)14-13(8-15-4)16-11(3)17-14/h5-7,15H,8H2,1-4H3,(H,16,17). The van der Waals surface area contributed by atoms with Crippen molar-refractivity contribution in [2.75, 3.05) is 7.05 Å². The molecule has 0 bridgehead atoms. The Labute approximate surface area is 102 Å². The molecular formula is C14H19N3. The van der Waals surface area contributed by atoms with Gasteiger partial charge in [-0.1, -0.05) is 12.1 Å². The van der Waals surface area contributed by atoms with Crippen molar-refractivity contribution in [1.82, 2.24) is 15.3 Å². The highest BCUT2D eigenvalue weighted by atomic mass is 15.0. The predicted molar refractivity (Wildman–Crippen MR) is 71.0 cm³/mol. The lowest BCUT2D eigenvalue weighted by Crippen LogP contribution is -2.06. The summed E-state index contributed by atoms with van der Waals surface area (Å²) in [5.41, 5.74) is 6.01. The highest BCUT2D eigenvalue weighted by Gasteiger charge is 2.10. The smallest absolute Gasteiger partial charge is 0.103 e. The van der Waals surface area contributed by atoms with Crippen molar-refractivity contribution in [3.8, 4) is 11.3 Å². The van der Waals surface area contributed by atoms with Crippen LogP contribution in [0.25, 0.3) is 11.3 Å². The highest BCUT2D eigenvalue weighted by Crippen LogP contribution is 2.23. The average Bonchev–Trinajstić information content (AvgIpc) is 2.64. The minimum atomic E-state index is 0.809. The van der Waals surface area contributed by atoms with Gasteiger partial charge in [-0.25, -0.2) is 4.98 Å². The fourth-order valence-electron chi connectivity index (χ4n) is 1.97. The molecule has 0 aliphatic carbocycles. The van der Waals surface area contributed by atoms with Gasteiger partial charge in [-0.15, -0.1) is 0 Å². The number of aromatic amines is 1. The molecule has 0 radical (unpaired) electrons. The highest BCUT2D eigenvalue weighted by molar-refractivity contribution is 5.63. The molecule has 0 atom stereocenters. The van der Waals surface area contributed by atoms with Gasteiger partial charge in [0.2, 0.25) is 0 Å². The maximum Gasteiger partial charge on any atom is 0.103 e. The number of hydrogen-bond acceptors (Lipinski definition) is 2. The number of hydrogen-bond donors (Lipinski definition) is 2. The molecule has 90 valence electrons. The molecule has 1 aromatic carbocycles. The lowest BCUT2D eigenvalue weighted by Gasteiger charge is -2.05. The van der Waals surface area contributed by atoms with Gasteiger partial charge in [0.25, 0.3) is 0 Å². The number of imidazole rings is 1. The van der Waals surface area contributed by atoms with Crippen molar-refractivity contribution in [1.29, 1.82) is 0 Å². The predicted octanol–water partition coefficient (Wildman–Crippen LogP) is 2.72. The van der Waals surface area contributed by atoms with Gasteiger partial charge in [0.05, 0.1) is 11.4 Å². The monoisotopic (exact) mass is 229 g/mol. The number of aromatic nitrogens is 2. The quantitative estimate of drug-likeness (QED) is 0.849. The number of H-pyrrole nitrogens is 1. The molecule has 0 saturated carbocycles. The largest absolute Gasteiger partial charge is 0.345 e. The molecule has 2 aromatic rings. The van der Waals surface area contributed by atoms with Crippen LogP contribution in [0.3, 0.4) is 0 Å². The summed E-state index contributed by atoms with van der Waals surface area (Å²) in [6.45, 7) is 7.06. The van der Waals surface area contributed by atoms with Gasteiger partial charge in [-0.3, -0.25) is 0 Å². The fourth-order valence-corrected chi connectivity index (χ4v) is 1.97. The van der Waals surface area contributed by atoms with E-state index in [2.05, 4.69) is 47.3 Å². The molecule has 3 nitrogen and oxygen atoms in total. The van der Waals surface area contributed by atoms with E-state index in [0.29, 0.717) is 0 Å². The van der Waals surface area contributed by atoms with Crippen molar-refractivity contribution < 1.29 is 0 Å². The van der Waals surface area contributed by atoms with E-state index in [9.17, 15) is 0 Å². The molecule has 0 aliphatic heterocycles. The van der Waals surface area contributed by atoms with E-state index in [1.54, 1.807) is 0 Å². The van der Waals surface area contributed by atoms with Crippen LogP contribution in [0.15, 0.2) is 18.2 Å². The van der Waals surface area contributed by atoms with Crippen LogP contribution in [0.5, 0.6) is 0 Å². The number of nitrogens with one attached hydrogen (secondary N) is 2. The fraction of sp³-hybridized carbons (Fsp3) is 0.357. The van der Waals surface area contributed by atoms with Gasteiger partial charge in [-0.05, 0) is 45.0 Å². The zero-order valence-electron chi connectivity index (χ0n) is 10.9. The Balaban J connectivity index is 2.47. The van der Waals surface area contributed by atoms with Gasteiger partial charge >= 0.3 is 0 Å². The Bertz CT molecular complexity index is 526. The Hall–Kier alpha value is -1.61. The summed E-state index contributed by atoms with van der Waals surface area (Å²) in [6, 6.07) is 6.49. The molecular weight excluding hydrogens is 210 g/mol. The lowest BCUT2D eigenvalue weighted by molar-refractivity contribution is 0.796. The van der Waals surface area contributed by atoms with Crippen LogP contribution in [0.2, 0.25) is 0 Å². The molecule has 0 fully saturated rings. The van der Waals surface area contributed by atoms with Crippen LogP contribution in [0.4, 0.5) is 0 Å². The summed E-state index contributed by atoms with van der Waals surface area (Å²) in [5, 5.41) is 3.16. The van der Waals surface area contributed by atoms with E-state index in [1.807, 2.05) is 14.0 Å². The van der Waals surface area contributed by atoms with Crippen molar-refractivity contribution in [3.63, 3.8) is 0 Å². The summed E-state index contributed by atoms with van der Waals surface area (Å²) in [5.74, 6) is 0.962. The van der Waals surface area contributed by atoms with E-state index in [1.165, 1.54) is 16.7 Å². The molecule has 0 amide bonds. The zero-order chi connectivity index (χ0) is 12.4. The van der Waals surface area contributed by atoms with Crippen molar-refractivity contribution >= 4 is 0 Å². The first kappa shape index (κ1) is 11.9. The summed E-state index contributed by atoms with van der Waals surface area (Å²) < 4.78 is 0. The molecule has 0 aliphatic rings. The Morgan fingerprint density at radius 1 is 1.18 bits per heavy atom. The van der Waals surface area contributed by atoms with Gasteiger partial charge in [0.1, 0.15) is 5.82 Å². The van der Waals surface area contributed by atoms with Crippen molar-refractivity contribution in [2.45, 2.75) is 27.3 Å². The molecule has 1 aromatic heterocycles. The molecule has 1 heterocycles. The average molecular weight is 229 g/mol. The topological polar surface area (TPSA) is 40.7 Å². The minimum Gasteiger partial charge on any atom is -0.345 e. The lowest BCUT2D eigenvalue weighted by atomic mass is 10.0. The molecule has 17 heavy (non-hydrogen) atoms. The van der Waals surface area contributed by atoms with Crippen LogP contribution in [0, 0.1) is 20.8 Å². The second kappa shape index (κ2) is 4.72. The normalized spacial score (nSPS) is 10.8. The second-order valence-corrected chi connectivity index (χ2v) is 4.48. The first-order valence-electron chi connectivity index (χ1n) is 5.89. The Morgan fingerprint density at radius 2 is 1.94 bits per heavy atom. The molecule has 3 heteroatoms. The van der Waals surface area contributed by atoms with Gasteiger partial charge < -0.3 is 10.3 Å². The minimum absolute atomic E-state index is 0.809. The van der Waals surface area contributed by atoms with E-state index >= 15 is 0 Å². The summed E-state index contributed by atoms with van der Waals surface area (Å²) in [4.78, 5) is 7.88. The third-order valence-electron chi connectivity index (χ3n) is 3.03. The van der Waals surface area contributed by atoms with E-state index in [-0.39, 0.29) is 0 Å². The summed E-state index contributed by atoms with van der Waals surface area (Å²) in [6.07, 6.45) is 0. The van der Waals surface area contributed by atoms with E-state index < -0.39 is 0 Å². The molecule has 0 unspecified atom stereocenters. The van der Waals surface area contributed by atoms with Crippen LogP contribution < -0.4 is 5.32 Å². The zero-order valence-corrected chi connectivity index (χ0v) is 10.9. The van der Waals surface area contributed by atoms with Gasteiger partial charge in [0, 0.05) is 12.1 Å². The molecule has 0 saturated heterocycles. The van der Waals surface area contributed by atoms with Crippen LogP contribution in [-0.2, 0) is 6.54 Å². The summed E-state index contributed by atoms with van der Waals surface area (Å²) in [7, 11) is 1.94. The molecule has 0 spiro atoms. The van der Waals surface area contributed by atoms with E-state index in [0.717, 1.165) is 23.8 Å². The number of nitrogens with zero attached hydrogens (tertiary/aromatic N) is 1. The number of benzene rings is 1. The SMILES string of the molecule is CNCc1[nH]c(C)nc1-c1ccc(C)c(C)c1. The number of aryl methyl sites for hydroxylation is 3. The Morgan fingerprint density at radius 3 is 2.59 bits per heavy atom. The van der Waals surface area contributed by atoms with Crippen molar-refractivity contribution in [2.24, 2.45) is 0 Å². The van der Waals surface area contributed by atoms with Gasteiger partial charge in [-0.2, -0.15) is 0 Å². The maximum atomic E-state index is 4.57. The first-order chi connectivity index (χ1) is 8.11. The van der Waals surface area contributed by atoms with Gasteiger partial charge in [0.15, 0.2) is 0 Å². The van der Waals surface area contributed by atoms with Crippen LogP contribution in [0.1, 0.15) is 22.6 Å². The number of rotatable bonds is 3. The first-order valence-corrected chi connectivity index (χ1v) is 5.89. The Kier molecular flexibility index (Phi) is 3.29. The maximum absolute atomic E-state index is 4.57. The summed E-state index contributed by atoms with van der Waals surface area (Å²) >= 11 is 0. The third kappa shape index (κ3) is 2.39. The van der Waals surface area contributed by atoms with Crippen LogP contribution in [-0.4, -0.2) is 17.0 Å². The molecule has 2 N–H and O–H groups in total. The second-order valence-electron chi connectivity index (χ2n) is 4.48. The van der Waals surface area contributed by atoms with Crippen molar-refractivity contribution in [3.05, 3.63) is 40.8 Å². The van der Waals surface area contributed by atoms with Crippen LogP contribution >= 0.6 is 0 Å². The molecule has 2 rings (SSSR count). The van der Waals surface area contributed by atoms with E-state index in [4.69, 9.17) is 0 Å². The third-order valence-corrected chi connectivity index (χ3v) is 3.03.